The molecule has 0 atom stereocenters. The van der Waals surface area contributed by atoms with Crippen molar-refractivity contribution in [1.29, 1.82) is 0 Å². The van der Waals surface area contributed by atoms with E-state index in [-0.39, 0.29) is 0 Å². The highest BCUT2D eigenvalue weighted by atomic mass is 16.5. The fraction of sp³-hybridized carbons (Fsp3) is 0.923. The van der Waals surface area contributed by atoms with Gasteiger partial charge in [0, 0.05) is 32.9 Å². The van der Waals surface area contributed by atoms with Crippen LogP contribution in [0.3, 0.4) is 0 Å². The molecule has 0 radical (unpaired) electrons. The third-order valence-electron chi connectivity index (χ3n) is 3.63. The molecule has 5 nitrogen and oxygen atoms in total. The lowest BCUT2D eigenvalue weighted by Gasteiger charge is -2.37. The number of nitrogens with zero attached hydrogens (tertiary/aromatic N) is 1. The van der Waals surface area contributed by atoms with Crippen molar-refractivity contribution < 1.29 is 19.4 Å². The number of carbonyl (C=O) groups is 1. The summed E-state index contributed by atoms with van der Waals surface area (Å²) < 4.78 is 10.6. The molecule has 0 unspecified atom stereocenters. The van der Waals surface area contributed by atoms with E-state index in [9.17, 15) is 9.90 Å². The van der Waals surface area contributed by atoms with Gasteiger partial charge in [-0.1, -0.05) is 6.92 Å². The molecule has 1 rings (SSSR count). The average molecular weight is 259 g/mol. The van der Waals surface area contributed by atoms with Gasteiger partial charge in [0.25, 0.3) is 0 Å². The van der Waals surface area contributed by atoms with Crippen molar-refractivity contribution >= 4 is 5.97 Å². The lowest BCUT2D eigenvalue weighted by molar-refractivity contribution is -0.156. The molecule has 1 saturated heterocycles. The summed E-state index contributed by atoms with van der Waals surface area (Å²) >= 11 is 0. The van der Waals surface area contributed by atoms with Gasteiger partial charge in [-0.05, 0) is 26.3 Å². The molecule has 0 bridgehead atoms. The minimum absolute atomic E-state index is 0.551. The van der Waals surface area contributed by atoms with Crippen molar-refractivity contribution in [2.45, 2.75) is 26.7 Å². The molecule has 1 N–H and O–H groups in total. The Morgan fingerprint density at radius 2 is 2.06 bits per heavy atom. The Kier molecular flexibility index (Phi) is 6.60. The summed E-state index contributed by atoms with van der Waals surface area (Å²) in [5.41, 5.74) is -0.638. The molecule has 18 heavy (non-hydrogen) atoms. The predicted molar refractivity (Wildman–Crippen MR) is 68.7 cm³/mol. The molecule has 1 fully saturated rings. The highest BCUT2D eigenvalue weighted by molar-refractivity contribution is 5.75. The van der Waals surface area contributed by atoms with Crippen LogP contribution in [0.4, 0.5) is 0 Å². The Morgan fingerprint density at radius 3 is 2.56 bits per heavy atom. The molecule has 1 heterocycles. The van der Waals surface area contributed by atoms with Gasteiger partial charge >= 0.3 is 5.97 Å². The third kappa shape index (κ3) is 4.23. The van der Waals surface area contributed by atoms with Gasteiger partial charge in [0.05, 0.1) is 12.0 Å². The van der Waals surface area contributed by atoms with Crippen LogP contribution in [0.1, 0.15) is 26.7 Å². The van der Waals surface area contributed by atoms with Crippen LogP contribution in [0.25, 0.3) is 0 Å². The van der Waals surface area contributed by atoms with Gasteiger partial charge in [-0.3, -0.25) is 4.79 Å². The summed E-state index contributed by atoms with van der Waals surface area (Å²) in [7, 11) is 0. The number of carboxylic acids is 1. The first kappa shape index (κ1) is 15.4. The Labute approximate surface area is 109 Å². The first-order chi connectivity index (χ1) is 8.64. The molecule has 0 aromatic heterocycles. The molecule has 0 aromatic carbocycles. The lowest BCUT2D eigenvalue weighted by Crippen LogP contribution is -2.47. The van der Waals surface area contributed by atoms with Crippen LogP contribution in [-0.2, 0) is 14.3 Å². The number of rotatable bonds is 8. The topological polar surface area (TPSA) is 59.0 Å². The molecule has 0 saturated carbocycles. The monoisotopic (exact) mass is 259 g/mol. The van der Waals surface area contributed by atoms with Crippen molar-refractivity contribution in [3.63, 3.8) is 0 Å². The summed E-state index contributed by atoms with van der Waals surface area (Å²) in [5, 5.41) is 9.49. The van der Waals surface area contributed by atoms with E-state index < -0.39 is 11.4 Å². The highest BCUT2D eigenvalue weighted by Gasteiger charge is 2.41. The molecule has 1 aliphatic heterocycles. The smallest absolute Gasteiger partial charge is 0.311 e. The maximum Gasteiger partial charge on any atom is 0.311 e. The molecular weight excluding hydrogens is 234 g/mol. The largest absolute Gasteiger partial charge is 0.481 e. The molecule has 0 spiro atoms. The van der Waals surface area contributed by atoms with Crippen molar-refractivity contribution in [2.24, 2.45) is 5.41 Å². The van der Waals surface area contributed by atoms with Crippen LogP contribution in [0.2, 0.25) is 0 Å². The number of aliphatic carboxylic acids is 1. The van der Waals surface area contributed by atoms with Gasteiger partial charge < -0.3 is 19.5 Å². The summed E-state index contributed by atoms with van der Waals surface area (Å²) in [6.45, 7) is 8.73. The number of carboxylic acid groups (broad SMARTS) is 1. The lowest BCUT2D eigenvalue weighted by atomic mass is 9.79. The predicted octanol–water partition coefficient (Wildman–Crippen LogP) is 1.23. The van der Waals surface area contributed by atoms with Gasteiger partial charge in [0.15, 0.2) is 0 Å². The summed E-state index contributed by atoms with van der Waals surface area (Å²) in [6, 6.07) is 0. The zero-order valence-electron chi connectivity index (χ0n) is 11.5. The fourth-order valence-electron chi connectivity index (χ4n) is 2.32. The Bertz CT molecular complexity index is 251. The maximum atomic E-state index is 11.5. The van der Waals surface area contributed by atoms with Crippen LogP contribution in [0, 0.1) is 5.41 Å². The minimum Gasteiger partial charge on any atom is -0.481 e. The minimum atomic E-state index is -0.694. The second-order valence-electron chi connectivity index (χ2n) is 4.76. The van der Waals surface area contributed by atoms with E-state index in [1.54, 1.807) is 0 Å². The van der Waals surface area contributed by atoms with Crippen molar-refractivity contribution in [2.75, 3.05) is 46.1 Å². The van der Waals surface area contributed by atoms with Gasteiger partial charge in [0.1, 0.15) is 0 Å². The molecular formula is C13H25NO4. The van der Waals surface area contributed by atoms with Gasteiger partial charge in [-0.2, -0.15) is 0 Å². The van der Waals surface area contributed by atoms with Gasteiger partial charge in [-0.15, -0.1) is 0 Å². The highest BCUT2D eigenvalue weighted by Crippen LogP contribution is 2.31. The molecule has 5 heteroatoms. The number of hydrogen-bond donors (Lipinski definition) is 1. The third-order valence-corrected chi connectivity index (χ3v) is 3.63. The Balaban J connectivity index is 2.54. The molecule has 106 valence electrons. The zero-order chi connectivity index (χ0) is 13.4. The van der Waals surface area contributed by atoms with Crippen LogP contribution >= 0.6 is 0 Å². The second-order valence-corrected chi connectivity index (χ2v) is 4.76. The molecule has 0 aromatic rings. The fourth-order valence-corrected chi connectivity index (χ4v) is 2.32. The number of likely N-dealkylation sites (N-methyl/N-ethyl adjacent to an activating group) is 1. The first-order valence-corrected chi connectivity index (χ1v) is 6.76. The zero-order valence-corrected chi connectivity index (χ0v) is 11.5. The Hall–Kier alpha value is -0.650. The summed E-state index contributed by atoms with van der Waals surface area (Å²) in [4.78, 5) is 13.7. The van der Waals surface area contributed by atoms with E-state index in [0.29, 0.717) is 45.8 Å². The van der Waals surface area contributed by atoms with E-state index in [4.69, 9.17) is 9.47 Å². The van der Waals surface area contributed by atoms with Crippen LogP contribution < -0.4 is 0 Å². The SMILES string of the molecule is CCOCCN(CC)CC1(C(=O)O)CCOCC1. The van der Waals surface area contributed by atoms with Crippen molar-refractivity contribution in [3.8, 4) is 0 Å². The van der Waals surface area contributed by atoms with E-state index in [0.717, 1.165) is 13.1 Å². The number of ether oxygens (including phenoxy) is 2. The van der Waals surface area contributed by atoms with Crippen LogP contribution in [0.5, 0.6) is 0 Å². The number of hydrogen-bond acceptors (Lipinski definition) is 4. The van der Waals surface area contributed by atoms with Crippen molar-refractivity contribution in [1.82, 2.24) is 4.90 Å². The summed E-state index contributed by atoms with van der Waals surface area (Å²) in [6.07, 6.45) is 1.21. The van der Waals surface area contributed by atoms with E-state index in [2.05, 4.69) is 11.8 Å². The average Bonchev–Trinajstić information content (AvgIpc) is 2.38. The summed E-state index contributed by atoms with van der Waals surface area (Å²) in [5.74, 6) is -0.694. The Morgan fingerprint density at radius 1 is 1.39 bits per heavy atom. The van der Waals surface area contributed by atoms with Crippen LogP contribution in [-0.4, -0.2) is 62.0 Å². The molecule has 0 amide bonds. The first-order valence-electron chi connectivity index (χ1n) is 6.76. The van der Waals surface area contributed by atoms with Gasteiger partial charge in [-0.25, -0.2) is 0 Å². The second kappa shape index (κ2) is 7.71. The maximum absolute atomic E-state index is 11.5. The quantitative estimate of drug-likeness (QED) is 0.664. The standard InChI is InChI=1S/C13H25NO4/c1-3-14(7-10-17-4-2)11-13(12(15)16)5-8-18-9-6-13/h3-11H2,1-2H3,(H,15,16). The molecule has 1 aliphatic rings. The molecule has 0 aliphatic carbocycles. The van der Waals surface area contributed by atoms with Crippen LogP contribution in [0.15, 0.2) is 0 Å². The van der Waals surface area contributed by atoms with E-state index in [1.165, 1.54) is 0 Å². The van der Waals surface area contributed by atoms with Crippen molar-refractivity contribution in [3.05, 3.63) is 0 Å². The normalized spacial score (nSPS) is 19.1. The van der Waals surface area contributed by atoms with E-state index >= 15 is 0 Å². The van der Waals surface area contributed by atoms with E-state index in [1.807, 2.05) is 6.92 Å². The van der Waals surface area contributed by atoms with Gasteiger partial charge in [0.2, 0.25) is 0 Å².